The second-order valence-corrected chi connectivity index (χ2v) is 8.68. The van der Waals surface area contributed by atoms with Gasteiger partial charge in [0, 0.05) is 54.3 Å². The monoisotopic (exact) mass is 437 g/mol. The van der Waals surface area contributed by atoms with Crippen molar-refractivity contribution in [1.82, 2.24) is 24.6 Å². The molecule has 2 aromatic carbocycles. The fraction of sp³-hybridized carbons (Fsp3) is 0.227. The van der Waals surface area contributed by atoms with E-state index in [1.807, 2.05) is 52.9 Å². The molecule has 0 aliphatic carbocycles. The molecule has 0 spiro atoms. The lowest BCUT2D eigenvalue weighted by molar-refractivity contribution is -0.129. The van der Waals surface area contributed by atoms with E-state index in [4.69, 9.17) is 11.6 Å². The number of carbonyl (C=O) groups is 1. The molecule has 0 unspecified atom stereocenters. The topological polar surface area (TPSA) is 66.8 Å². The molecule has 1 aliphatic heterocycles. The quantitative estimate of drug-likeness (QED) is 0.483. The minimum Gasteiger partial charge on any atom is -0.358 e. The van der Waals surface area contributed by atoms with E-state index in [0.717, 1.165) is 24.0 Å². The summed E-state index contributed by atoms with van der Waals surface area (Å²) in [5.41, 5.74) is 4.44. The standard InChI is InChI=1S/C22H20ClN5OS/c1-27-21(15-7-2-4-8-17(15)23)25-26-22(27)30-13-20(29)28-11-10-19-16(12-28)14-6-3-5-9-18(14)24-19/h2-9,24H,10-13H2,1H3. The maximum absolute atomic E-state index is 12.9. The third-order valence-electron chi connectivity index (χ3n) is 5.51. The molecule has 0 saturated carbocycles. The van der Waals surface area contributed by atoms with E-state index in [9.17, 15) is 4.79 Å². The lowest BCUT2D eigenvalue weighted by Gasteiger charge is -2.27. The molecule has 8 heteroatoms. The molecule has 152 valence electrons. The van der Waals surface area contributed by atoms with E-state index in [1.54, 1.807) is 0 Å². The number of amides is 1. The highest BCUT2D eigenvalue weighted by molar-refractivity contribution is 7.99. The summed E-state index contributed by atoms with van der Waals surface area (Å²) in [5, 5.41) is 11.1. The molecule has 1 N–H and O–H groups in total. The van der Waals surface area contributed by atoms with Crippen LogP contribution in [-0.2, 0) is 24.8 Å². The number of carbonyl (C=O) groups excluding carboxylic acids is 1. The fourth-order valence-electron chi connectivity index (χ4n) is 3.91. The van der Waals surface area contributed by atoms with Gasteiger partial charge >= 0.3 is 0 Å². The maximum atomic E-state index is 12.9. The van der Waals surface area contributed by atoms with E-state index < -0.39 is 0 Å². The molecule has 3 heterocycles. The minimum atomic E-state index is 0.109. The first-order valence-corrected chi connectivity index (χ1v) is 11.1. The average molecular weight is 438 g/mol. The molecule has 30 heavy (non-hydrogen) atoms. The fourth-order valence-corrected chi connectivity index (χ4v) is 4.95. The van der Waals surface area contributed by atoms with E-state index >= 15 is 0 Å². The van der Waals surface area contributed by atoms with Gasteiger partial charge in [0.15, 0.2) is 11.0 Å². The number of benzene rings is 2. The highest BCUT2D eigenvalue weighted by Gasteiger charge is 2.24. The molecule has 2 aromatic heterocycles. The predicted octanol–water partition coefficient (Wildman–Crippen LogP) is 4.29. The van der Waals surface area contributed by atoms with Gasteiger partial charge in [0.05, 0.1) is 10.8 Å². The van der Waals surface area contributed by atoms with Gasteiger partial charge in [-0.2, -0.15) is 0 Å². The van der Waals surface area contributed by atoms with Gasteiger partial charge in [0.2, 0.25) is 5.91 Å². The first-order valence-electron chi connectivity index (χ1n) is 9.75. The van der Waals surface area contributed by atoms with Crippen molar-refractivity contribution < 1.29 is 4.79 Å². The Labute approximate surface area is 183 Å². The lowest BCUT2D eigenvalue weighted by Crippen LogP contribution is -2.36. The average Bonchev–Trinajstić information content (AvgIpc) is 3.32. The van der Waals surface area contributed by atoms with Crippen molar-refractivity contribution in [3.8, 4) is 11.4 Å². The lowest BCUT2D eigenvalue weighted by atomic mass is 10.0. The molecule has 1 amide bonds. The van der Waals surface area contributed by atoms with E-state index in [2.05, 4.69) is 27.3 Å². The van der Waals surface area contributed by atoms with Crippen LogP contribution in [0.3, 0.4) is 0 Å². The zero-order chi connectivity index (χ0) is 20.7. The highest BCUT2D eigenvalue weighted by atomic mass is 35.5. The molecule has 4 aromatic rings. The highest BCUT2D eigenvalue weighted by Crippen LogP contribution is 2.30. The Kier molecular flexibility index (Phi) is 5.00. The number of thioether (sulfide) groups is 1. The van der Waals surface area contributed by atoms with Crippen molar-refractivity contribution in [2.24, 2.45) is 7.05 Å². The molecule has 0 atom stereocenters. The van der Waals surface area contributed by atoms with Crippen LogP contribution in [-0.4, -0.2) is 42.9 Å². The first-order chi connectivity index (χ1) is 14.6. The summed E-state index contributed by atoms with van der Waals surface area (Å²) in [5.74, 6) is 1.13. The summed E-state index contributed by atoms with van der Waals surface area (Å²) in [6.45, 7) is 1.37. The Morgan fingerprint density at radius 2 is 1.97 bits per heavy atom. The maximum Gasteiger partial charge on any atom is 0.233 e. The van der Waals surface area contributed by atoms with Gasteiger partial charge < -0.3 is 14.5 Å². The summed E-state index contributed by atoms with van der Waals surface area (Å²) < 4.78 is 1.88. The van der Waals surface area contributed by atoms with E-state index in [0.29, 0.717) is 28.3 Å². The Bertz CT molecular complexity index is 1250. The van der Waals surface area contributed by atoms with E-state index in [1.165, 1.54) is 28.4 Å². The number of fused-ring (bicyclic) bond motifs is 3. The molecule has 1 aliphatic rings. The first kappa shape index (κ1) is 19.2. The molecular weight excluding hydrogens is 418 g/mol. The van der Waals surface area contributed by atoms with Crippen LogP contribution in [0.2, 0.25) is 5.02 Å². The zero-order valence-corrected chi connectivity index (χ0v) is 18.0. The van der Waals surface area contributed by atoms with Crippen LogP contribution in [0.1, 0.15) is 11.3 Å². The second-order valence-electron chi connectivity index (χ2n) is 7.33. The number of aromatic amines is 1. The van der Waals surface area contributed by atoms with Crippen molar-refractivity contribution in [1.29, 1.82) is 0 Å². The number of nitrogens with zero attached hydrogens (tertiary/aromatic N) is 4. The SMILES string of the molecule is Cn1c(SCC(=O)N2CCc3[nH]c4ccccc4c3C2)nnc1-c1ccccc1Cl. The van der Waals surface area contributed by atoms with Crippen molar-refractivity contribution >= 4 is 40.2 Å². The number of nitrogens with one attached hydrogen (secondary N) is 1. The molecule has 0 saturated heterocycles. The van der Waals surface area contributed by atoms with E-state index in [-0.39, 0.29) is 5.91 Å². The van der Waals surface area contributed by atoms with Crippen LogP contribution in [0, 0.1) is 0 Å². The Morgan fingerprint density at radius 1 is 1.17 bits per heavy atom. The van der Waals surface area contributed by atoms with Crippen LogP contribution in [0.25, 0.3) is 22.3 Å². The van der Waals surface area contributed by atoms with Gasteiger partial charge in [-0.15, -0.1) is 10.2 Å². The number of hydrogen-bond acceptors (Lipinski definition) is 4. The number of para-hydroxylation sites is 1. The summed E-state index contributed by atoms with van der Waals surface area (Å²) in [6.07, 6.45) is 0.848. The van der Waals surface area contributed by atoms with Crippen molar-refractivity contribution in [2.45, 2.75) is 18.1 Å². The van der Waals surface area contributed by atoms with Crippen LogP contribution < -0.4 is 0 Å². The van der Waals surface area contributed by atoms with Gasteiger partial charge in [-0.1, -0.05) is 53.7 Å². The van der Waals surface area contributed by atoms with Gasteiger partial charge in [-0.25, -0.2) is 0 Å². The number of hydrogen-bond donors (Lipinski definition) is 1. The number of H-pyrrole nitrogens is 1. The van der Waals surface area contributed by atoms with Crippen LogP contribution in [0.4, 0.5) is 0 Å². The molecule has 0 radical (unpaired) electrons. The molecule has 0 bridgehead atoms. The summed E-state index contributed by atoms with van der Waals surface area (Å²) in [7, 11) is 1.89. The van der Waals surface area contributed by atoms with Crippen LogP contribution in [0.15, 0.2) is 53.7 Å². The Balaban J connectivity index is 1.29. The smallest absolute Gasteiger partial charge is 0.233 e. The Morgan fingerprint density at radius 3 is 2.83 bits per heavy atom. The van der Waals surface area contributed by atoms with Crippen LogP contribution in [0.5, 0.6) is 0 Å². The van der Waals surface area contributed by atoms with Crippen LogP contribution >= 0.6 is 23.4 Å². The van der Waals surface area contributed by atoms with Crippen molar-refractivity contribution in [3.63, 3.8) is 0 Å². The number of aromatic nitrogens is 4. The molecular formula is C22H20ClN5OS. The normalized spacial score (nSPS) is 13.6. The summed E-state index contributed by atoms with van der Waals surface area (Å²) >= 11 is 7.70. The molecule has 0 fully saturated rings. The minimum absolute atomic E-state index is 0.109. The number of rotatable bonds is 4. The van der Waals surface area contributed by atoms with Crippen molar-refractivity contribution in [3.05, 3.63) is 64.8 Å². The van der Waals surface area contributed by atoms with Gasteiger partial charge in [-0.3, -0.25) is 4.79 Å². The van der Waals surface area contributed by atoms with Gasteiger partial charge in [-0.05, 0) is 18.2 Å². The molecule has 6 nitrogen and oxygen atoms in total. The zero-order valence-electron chi connectivity index (χ0n) is 16.4. The van der Waals surface area contributed by atoms with Crippen molar-refractivity contribution in [2.75, 3.05) is 12.3 Å². The predicted molar refractivity (Wildman–Crippen MR) is 120 cm³/mol. The third kappa shape index (κ3) is 3.38. The second kappa shape index (κ2) is 7.81. The van der Waals surface area contributed by atoms with Gasteiger partial charge in [0.25, 0.3) is 0 Å². The third-order valence-corrected chi connectivity index (χ3v) is 6.84. The largest absolute Gasteiger partial charge is 0.358 e. The summed E-state index contributed by atoms with van der Waals surface area (Å²) in [6, 6.07) is 15.8. The van der Waals surface area contributed by atoms with Gasteiger partial charge in [0.1, 0.15) is 0 Å². The molecule has 5 rings (SSSR count). The number of halogens is 1. The Hall–Kier alpha value is -2.77. The summed E-state index contributed by atoms with van der Waals surface area (Å²) in [4.78, 5) is 18.3.